The van der Waals surface area contributed by atoms with Crippen molar-refractivity contribution in [2.45, 2.75) is 5.02 Å². The highest BCUT2D eigenvalue weighted by atomic mass is 35.5. The van der Waals surface area contributed by atoms with Gasteiger partial charge in [-0.15, -0.1) is 0 Å². The van der Waals surface area contributed by atoms with Gasteiger partial charge in [-0.1, -0.05) is 35.3 Å². The van der Waals surface area contributed by atoms with Gasteiger partial charge in [0.25, 0.3) is 0 Å². The molecule has 0 fully saturated rings. The van der Waals surface area contributed by atoms with Crippen molar-refractivity contribution in [1.82, 2.24) is 0 Å². The van der Waals surface area contributed by atoms with Crippen molar-refractivity contribution in [2.24, 2.45) is 0 Å². The predicted octanol–water partition coefficient (Wildman–Crippen LogP) is 2.63. The van der Waals surface area contributed by atoms with E-state index in [1.165, 1.54) is 0 Å². The van der Waals surface area contributed by atoms with Crippen LogP contribution in [0.4, 0.5) is 0 Å². The molecule has 0 unspecified atom stereocenters. The Bertz CT molecular complexity index is 186. The number of rotatable bonds is 2. The molecule has 10 heavy (non-hydrogen) atoms. The smallest absolute Gasteiger partial charge is 0.247 e. The third-order valence-corrected chi connectivity index (χ3v) is 1.08. The molecule has 53 valence electrons. The fourth-order valence-corrected chi connectivity index (χ4v) is 0.759. The van der Waals surface area contributed by atoms with Crippen molar-refractivity contribution in [3.63, 3.8) is 0 Å². The highest BCUT2D eigenvalue weighted by Gasteiger charge is 1.97. The van der Waals surface area contributed by atoms with E-state index in [9.17, 15) is 0 Å². The van der Waals surface area contributed by atoms with E-state index < -0.39 is 5.02 Å². The number of hydrogen-bond acceptors (Lipinski definition) is 1. The van der Waals surface area contributed by atoms with Crippen molar-refractivity contribution in [1.29, 1.82) is 0 Å². The van der Waals surface area contributed by atoms with Crippen LogP contribution >= 0.6 is 23.2 Å². The molecule has 1 aromatic carbocycles. The lowest BCUT2D eigenvalue weighted by molar-refractivity contribution is 0.354. The number of alkyl halides is 2. The summed E-state index contributed by atoms with van der Waals surface area (Å²) in [5.41, 5.74) is 0. The first-order chi connectivity index (χ1) is 4.79. The Morgan fingerprint density at radius 2 is 2.30 bits per heavy atom. The molecule has 0 amide bonds. The Kier molecular flexibility index (Phi) is 2.84. The fourth-order valence-electron chi connectivity index (χ4n) is 0.553. The highest BCUT2D eigenvalue weighted by Crippen LogP contribution is 2.13. The van der Waals surface area contributed by atoms with Crippen molar-refractivity contribution in [3.8, 4) is 5.75 Å². The maximum Gasteiger partial charge on any atom is 0.247 e. The molecular formula is C7H5Cl2O. The van der Waals surface area contributed by atoms with Gasteiger partial charge in [0.05, 0.1) is 0 Å². The van der Waals surface area contributed by atoms with Crippen LogP contribution in [0.2, 0.25) is 0 Å². The van der Waals surface area contributed by atoms with Gasteiger partial charge in [0.1, 0.15) is 5.75 Å². The van der Waals surface area contributed by atoms with E-state index in [0.29, 0.717) is 5.75 Å². The van der Waals surface area contributed by atoms with Crippen molar-refractivity contribution in [2.75, 3.05) is 0 Å². The molecule has 0 aliphatic heterocycles. The summed E-state index contributed by atoms with van der Waals surface area (Å²) in [4.78, 5) is 0. The summed E-state index contributed by atoms with van der Waals surface area (Å²) in [7, 11) is 0. The lowest BCUT2D eigenvalue weighted by atomic mass is 10.3. The summed E-state index contributed by atoms with van der Waals surface area (Å²) in [5.74, 6) is 0.623. The summed E-state index contributed by atoms with van der Waals surface area (Å²) in [6, 6.07) is 9.81. The van der Waals surface area contributed by atoms with Crippen LogP contribution in [0.5, 0.6) is 5.75 Å². The Morgan fingerprint density at radius 3 is 2.80 bits per heavy atom. The average Bonchev–Trinajstić information content (AvgIpc) is 1.88. The zero-order valence-electron chi connectivity index (χ0n) is 5.05. The van der Waals surface area contributed by atoms with E-state index in [2.05, 4.69) is 6.07 Å². The van der Waals surface area contributed by atoms with Crippen molar-refractivity contribution >= 4 is 23.2 Å². The SMILES string of the molecule is ClC(Cl)Oc1c[c]ccc1. The third-order valence-electron chi connectivity index (χ3n) is 0.904. The van der Waals surface area contributed by atoms with E-state index in [0.717, 1.165) is 0 Å². The van der Waals surface area contributed by atoms with Crippen LogP contribution in [0.25, 0.3) is 0 Å². The fraction of sp³-hybridized carbons (Fsp3) is 0.143. The van der Waals surface area contributed by atoms with Gasteiger partial charge in [0.2, 0.25) is 5.02 Å². The molecule has 0 aliphatic rings. The van der Waals surface area contributed by atoms with Crippen LogP contribution in [0.15, 0.2) is 24.3 Å². The van der Waals surface area contributed by atoms with Crippen LogP contribution in [0.1, 0.15) is 0 Å². The summed E-state index contributed by atoms with van der Waals surface area (Å²) < 4.78 is 4.91. The molecule has 0 spiro atoms. The van der Waals surface area contributed by atoms with E-state index in [1.807, 2.05) is 0 Å². The second-order valence-electron chi connectivity index (χ2n) is 1.62. The van der Waals surface area contributed by atoms with E-state index in [-0.39, 0.29) is 0 Å². The molecule has 0 saturated heterocycles. The zero-order chi connectivity index (χ0) is 7.40. The molecule has 1 nitrogen and oxygen atoms in total. The first-order valence-corrected chi connectivity index (χ1v) is 3.57. The molecule has 0 bridgehead atoms. The minimum Gasteiger partial charge on any atom is -0.461 e. The first-order valence-electron chi connectivity index (χ1n) is 2.70. The second-order valence-corrected chi connectivity index (χ2v) is 2.63. The number of benzene rings is 1. The Hall–Kier alpha value is -0.400. The monoisotopic (exact) mass is 175 g/mol. The predicted molar refractivity (Wildman–Crippen MR) is 41.4 cm³/mol. The second kappa shape index (κ2) is 3.69. The zero-order valence-corrected chi connectivity index (χ0v) is 6.56. The maximum absolute atomic E-state index is 5.34. The van der Waals surface area contributed by atoms with E-state index in [1.54, 1.807) is 24.3 Å². The molecule has 0 N–H and O–H groups in total. The number of hydrogen-bond donors (Lipinski definition) is 0. The van der Waals surface area contributed by atoms with Crippen LogP contribution < -0.4 is 4.74 Å². The molecule has 1 rings (SSSR count). The Labute approximate surface area is 69.5 Å². The molecule has 1 aromatic rings. The van der Waals surface area contributed by atoms with E-state index in [4.69, 9.17) is 27.9 Å². The minimum atomic E-state index is -0.809. The molecule has 3 heteroatoms. The molecular weight excluding hydrogens is 171 g/mol. The molecule has 0 aromatic heterocycles. The molecule has 0 heterocycles. The summed E-state index contributed by atoms with van der Waals surface area (Å²) in [5, 5.41) is -0.809. The van der Waals surface area contributed by atoms with Gasteiger partial charge in [0.15, 0.2) is 0 Å². The van der Waals surface area contributed by atoms with Gasteiger partial charge in [-0.05, 0) is 18.2 Å². The van der Waals surface area contributed by atoms with Gasteiger partial charge >= 0.3 is 0 Å². The summed E-state index contributed by atoms with van der Waals surface area (Å²) >= 11 is 10.7. The number of halogens is 2. The van der Waals surface area contributed by atoms with Gasteiger partial charge in [-0.2, -0.15) is 0 Å². The topological polar surface area (TPSA) is 9.23 Å². The number of ether oxygens (including phenoxy) is 1. The lowest BCUT2D eigenvalue weighted by Crippen LogP contribution is -1.98. The van der Waals surface area contributed by atoms with Crippen LogP contribution in [0, 0.1) is 6.07 Å². The normalized spacial score (nSPS) is 9.90. The Balaban J connectivity index is 2.59. The largest absolute Gasteiger partial charge is 0.461 e. The van der Waals surface area contributed by atoms with Gasteiger partial charge in [0, 0.05) is 0 Å². The minimum absolute atomic E-state index is 0.623. The molecule has 0 atom stereocenters. The Morgan fingerprint density at radius 1 is 1.50 bits per heavy atom. The quantitative estimate of drug-likeness (QED) is 0.629. The van der Waals surface area contributed by atoms with E-state index >= 15 is 0 Å². The van der Waals surface area contributed by atoms with Crippen molar-refractivity contribution < 1.29 is 4.74 Å². The summed E-state index contributed by atoms with van der Waals surface area (Å²) in [6.45, 7) is 0. The van der Waals surface area contributed by atoms with Crippen LogP contribution in [-0.2, 0) is 0 Å². The van der Waals surface area contributed by atoms with Gasteiger partial charge < -0.3 is 4.74 Å². The van der Waals surface area contributed by atoms with Gasteiger partial charge in [-0.25, -0.2) is 0 Å². The molecule has 1 radical (unpaired) electrons. The lowest BCUT2D eigenvalue weighted by Gasteiger charge is -2.03. The molecule has 0 saturated carbocycles. The third kappa shape index (κ3) is 2.46. The average molecular weight is 176 g/mol. The maximum atomic E-state index is 5.34. The highest BCUT2D eigenvalue weighted by molar-refractivity contribution is 6.43. The first kappa shape index (κ1) is 7.70. The van der Waals surface area contributed by atoms with Gasteiger partial charge in [-0.3, -0.25) is 0 Å². The summed E-state index contributed by atoms with van der Waals surface area (Å²) in [6.07, 6.45) is 0. The van der Waals surface area contributed by atoms with Crippen LogP contribution in [-0.4, -0.2) is 5.02 Å². The van der Waals surface area contributed by atoms with Crippen molar-refractivity contribution in [3.05, 3.63) is 30.3 Å². The standard InChI is InChI=1S/C7H5Cl2O/c8-7(9)10-6-4-2-1-3-5-6/h1-2,4-5,7H. The van der Waals surface area contributed by atoms with Crippen LogP contribution in [0.3, 0.4) is 0 Å². The molecule has 0 aliphatic carbocycles.